The number of benzene rings is 1. The molecule has 3 N–H and O–H groups in total. The summed E-state index contributed by atoms with van der Waals surface area (Å²) in [6, 6.07) is 10.5. The van der Waals surface area contributed by atoms with E-state index >= 15 is 0 Å². The van der Waals surface area contributed by atoms with Crippen LogP contribution in [0, 0.1) is 23.7 Å². The Labute approximate surface area is 126 Å². The molecule has 1 aromatic rings. The molecule has 3 aliphatic rings. The molecule has 3 aliphatic carbocycles. The van der Waals surface area contributed by atoms with E-state index in [1.807, 2.05) is 30.3 Å². The van der Waals surface area contributed by atoms with Crippen molar-refractivity contribution >= 4 is 5.91 Å². The largest absolute Gasteiger partial charge is 0.353 e. The van der Waals surface area contributed by atoms with Crippen molar-refractivity contribution in [3.8, 4) is 0 Å². The maximum Gasteiger partial charge on any atom is 0.220 e. The zero-order valence-corrected chi connectivity index (χ0v) is 12.4. The van der Waals surface area contributed by atoms with Gasteiger partial charge in [-0.05, 0) is 54.9 Å². The van der Waals surface area contributed by atoms with Crippen LogP contribution in [0.1, 0.15) is 43.7 Å². The molecule has 0 aliphatic heterocycles. The highest BCUT2D eigenvalue weighted by atomic mass is 16.1. The Morgan fingerprint density at radius 1 is 1.19 bits per heavy atom. The summed E-state index contributed by atoms with van der Waals surface area (Å²) in [6.45, 7) is 0. The number of fused-ring (bicyclic) bond motifs is 5. The summed E-state index contributed by atoms with van der Waals surface area (Å²) in [7, 11) is 0. The predicted octanol–water partition coefficient (Wildman–Crippen LogP) is 2.63. The predicted molar refractivity (Wildman–Crippen MR) is 82.3 cm³/mol. The third-order valence-electron chi connectivity index (χ3n) is 5.97. The van der Waals surface area contributed by atoms with Crippen molar-refractivity contribution in [2.45, 2.75) is 44.2 Å². The molecule has 3 fully saturated rings. The molecular formula is C18H24N2O. The lowest BCUT2D eigenvalue weighted by molar-refractivity contribution is -0.121. The van der Waals surface area contributed by atoms with Crippen LogP contribution in [-0.2, 0) is 4.79 Å². The first-order valence-corrected chi connectivity index (χ1v) is 8.34. The van der Waals surface area contributed by atoms with Crippen LogP contribution >= 0.6 is 0 Å². The lowest BCUT2D eigenvalue weighted by atomic mass is 10.0. The van der Waals surface area contributed by atoms with Crippen LogP contribution in [0.5, 0.6) is 0 Å². The number of hydrogen-bond acceptors (Lipinski definition) is 2. The van der Waals surface area contributed by atoms with Gasteiger partial charge in [0.1, 0.15) is 0 Å². The Hall–Kier alpha value is -1.35. The van der Waals surface area contributed by atoms with Crippen molar-refractivity contribution in [1.29, 1.82) is 0 Å². The second-order valence-corrected chi connectivity index (χ2v) is 7.14. The molecule has 1 amide bonds. The first-order chi connectivity index (χ1) is 10.2. The molecule has 0 radical (unpaired) electrons. The summed E-state index contributed by atoms with van der Waals surface area (Å²) in [6.07, 6.45) is 5.50. The van der Waals surface area contributed by atoms with E-state index in [2.05, 4.69) is 5.32 Å². The van der Waals surface area contributed by atoms with Crippen molar-refractivity contribution in [2.75, 3.05) is 0 Å². The van der Waals surface area contributed by atoms with Gasteiger partial charge in [-0.2, -0.15) is 0 Å². The number of carbonyl (C=O) groups excluding carboxylic acids is 1. The number of nitrogens with one attached hydrogen (secondary N) is 1. The summed E-state index contributed by atoms with van der Waals surface area (Å²) < 4.78 is 0. The van der Waals surface area contributed by atoms with Crippen molar-refractivity contribution < 1.29 is 4.79 Å². The smallest absolute Gasteiger partial charge is 0.220 e. The molecule has 112 valence electrons. The number of hydrogen-bond donors (Lipinski definition) is 2. The SMILES string of the molecule is NC(CCC(=O)NC1C2C3CCC(C3)C12)c1ccccc1. The molecule has 2 bridgehead atoms. The molecule has 3 saturated carbocycles. The topological polar surface area (TPSA) is 55.1 Å². The van der Waals surface area contributed by atoms with Gasteiger partial charge in [0, 0.05) is 18.5 Å². The summed E-state index contributed by atoms with van der Waals surface area (Å²) in [5.74, 6) is 3.65. The lowest BCUT2D eigenvalue weighted by Crippen LogP contribution is -2.30. The fourth-order valence-corrected chi connectivity index (χ4v) is 4.93. The molecule has 3 heteroatoms. The van der Waals surface area contributed by atoms with E-state index in [0.29, 0.717) is 12.5 Å². The molecule has 5 unspecified atom stereocenters. The van der Waals surface area contributed by atoms with E-state index in [4.69, 9.17) is 5.73 Å². The standard InChI is InChI=1S/C18H24N2O/c19-14(11-4-2-1-3-5-11)8-9-15(21)20-18-16-12-6-7-13(10-12)17(16)18/h1-5,12-14,16-18H,6-10,19H2,(H,20,21). The normalized spacial score (nSPS) is 37.1. The molecule has 1 aromatic carbocycles. The van der Waals surface area contributed by atoms with Crippen LogP contribution in [0.3, 0.4) is 0 Å². The van der Waals surface area contributed by atoms with Gasteiger partial charge in [0.05, 0.1) is 0 Å². The summed E-state index contributed by atoms with van der Waals surface area (Å²) in [5.41, 5.74) is 7.27. The number of amides is 1. The Morgan fingerprint density at radius 3 is 2.52 bits per heavy atom. The van der Waals surface area contributed by atoms with E-state index < -0.39 is 0 Å². The van der Waals surface area contributed by atoms with Crippen molar-refractivity contribution in [2.24, 2.45) is 29.4 Å². The zero-order valence-electron chi connectivity index (χ0n) is 12.4. The Balaban J connectivity index is 1.24. The average Bonchev–Trinajstić information content (AvgIpc) is 2.90. The number of carbonyl (C=O) groups is 1. The second-order valence-electron chi connectivity index (χ2n) is 7.14. The van der Waals surface area contributed by atoms with Crippen LogP contribution in [0.15, 0.2) is 30.3 Å². The minimum absolute atomic E-state index is 0.0353. The molecule has 3 nitrogen and oxygen atoms in total. The third kappa shape index (κ3) is 2.38. The first-order valence-electron chi connectivity index (χ1n) is 8.34. The van der Waals surface area contributed by atoms with Gasteiger partial charge >= 0.3 is 0 Å². The van der Waals surface area contributed by atoms with E-state index in [-0.39, 0.29) is 11.9 Å². The molecule has 21 heavy (non-hydrogen) atoms. The lowest BCUT2D eigenvalue weighted by Gasteiger charge is -2.13. The van der Waals surface area contributed by atoms with E-state index in [1.54, 1.807) is 0 Å². The molecular weight excluding hydrogens is 260 g/mol. The molecule has 5 atom stereocenters. The number of nitrogens with two attached hydrogens (primary N) is 1. The van der Waals surface area contributed by atoms with Crippen molar-refractivity contribution in [3.05, 3.63) is 35.9 Å². The van der Waals surface area contributed by atoms with Gasteiger partial charge in [-0.1, -0.05) is 30.3 Å². The molecule has 0 spiro atoms. The van der Waals surface area contributed by atoms with E-state index in [0.717, 1.165) is 35.7 Å². The Morgan fingerprint density at radius 2 is 1.86 bits per heavy atom. The number of rotatable bonds is 5. The monoisotopic (exact) mass is 284 g/mol. The van der Waals surface area contributed by atoms with Gasteiger partial charge in [0.25, 0.3) is 0 Å². The minimum atomic E-state index is -0.0353. The molecule has 0 heterocycles. The van der Waals surface area contributed by atoms with Crippen molar-refractivity contribution in [3.63, 3.8) is 0 Å². The van der Waals surface area contributed by atoms with Crippen molar-refractivity contribution in [1.82, 2.24) is 5.32 Å². The minimum Gasteiger partial charge on any atom is -0.353 e. The Kier molecular flexibility index (Phi) is 3.26. The van der Waals surface area contributed by atoms with Gasteiger partial charge in [-0.15, -0.1) is 0 Å². The highest BCUT2D eigenvalue weighted by molar-refractivity contribution is 5.77. The molecule has 0 aromatic heterocycles. The fourth-order valence-electron chi connectivity index (χ4n) is 4.93. The molecule has 4 rings (SSSR count). The van der Waals surface area contributed by atoms with E-state index in [9.17, 15) is 4.79 Å². The molecule has 0 saturated heterocycles. The van der Waals surface area contributed by atoms with Crippen LogP contribution in [0.4, 0.5) is 0 Å². The summed E-state index contributed by atoms with van der Waals surface area (Å²) >= 11 is 0. The maximum atomic E-state index is 12.1. The fraction of sp³-hybridized carbons (Fsp3) is 0.611. The van der Waals surface area contributed by atoms with Gasteiger partial charge in [0.2, 0.25) is 5.91 Å². The summed E-state index contributed by atoms with van der Waals surface area (Å²) in [4.78, 5) is 12.1. The van der Waals surface area contributed by atoms with E-state index in [1.165, 1.54) is 19.3 Å². The first kappa shape index (κ1) is 13.3. The van der Waals surface area contributed by atoms with Gasteiger partial charge in [-0.25, -0.2) is 0 Å². The van der Waals surface area contributed by atoms with Gasteiger partial charge in [-0.3, -0.25) is 4.79 Å². The highest BCUT2D eigenvalue weighted by Crippen LogP contribution is 2.65. The highest BCUT2D eigenvalue weighted by Gasteiger charge is 2.65. The Bertz CT molecular complexity index is 513. The maximum absolute atomic E-state index is 12.1. The summed E-state index contributed by atoms with van der Waals surface area (Å²) in [5, 5.41) is 3.27. The van der Waals surface area contributed by atoms with Crippen LogP contribution < -0.4 is 11.1 Å². The van der Waals surface area contributed by atoms with Crippen LogP contribution in [-0.4, -0.2) is 11.9 Å². The zero-order chi connectivity index (χ0) is 14.4. The second kappa shape index (κ2) is 5.13. The van der Waals surface area contributed by atoms with Crippen LogP contribution in [0.2, 0.25) is 0 Å². The average molecular weight is 284 g/mol. The quantitative estimate of drug-likeness (QED) is 0.873. The van der Waals surface area contributed by atoms with Gasteiger partial charge < -0.3 is 11.1 Å². The van der Waals surface area contributed by atoms with Crippen LogP contribution in [0.25, 0.3) is 0 Å². The third-order valence-corrected chi connectivity index (χ3v) is 5.97. The van der Waals surface area contributed by atoms with Gasteiger partial charge in [0.15, 0.2) is 0 Å².